The molecule has 0 saturated carbocycles. The van der Waals surface area contributed by atoms with Crippen LogP contribution in [0.2, 0.25) is 0 Å². The summed E-state index contributed by atoms with van der Waals surface area (Å²) in [4.78, 5) is 43.9. The van der Waals surface area contributed by atoms with Crippen molar-refractivity contribution in [1.29, 1.82) is 0 Å². The number of ether oxygens (including phenoxy) is 3. The number of aromatic hydroxyl groups is 1. The number of phenols is 1. The molecule has 0 saturated heterocycles. The Morgan fingerprint density at radius 2 is 1.45 bits per heavy atom. The molecule has 6 N–H and O–H groups in total. The van der Waals surface area contributed by atoms with Gasteiger partial charge in [0.1, 0.15) is 16.8 Å². The van der Waals surface area contributed by atoms with E-state index in [1.807, 2.05) is 11.0 Å². The number of hydrogen-bond acceptors (Lipinski definition) is 12. The molecular formula is C35H47N5O9. The van der Waals surface area contributed by atoms with E-state index in [1.165, 1.54) is 18.2 Å². The van der Waals surface area contributed by atoms with E-state index < -0.39 is 0 Å². The number of carbonyl (C=O) groups is 2. The zero-order valence-corrected chi connectivity index (χ0v) is 27.8. The Bertz CT molecular complexity index is 1710. The van der Waals surface area contributed by atoms with Crippen molar-refractivity contribution in [1.82, 2.24) is 15.6 Å². The van der Waals surface area contributed by atoms with E-state index in [1.54, 1.807) is 18.2 Å². The third kappa shape index (κ3) is 11.9. The molecular weight excluding hydrogens is 634 g/mol. The molecule has 1 aromatic heterocycles. The fourth-order valence-electron chi connectivity index (χ4n) is 5.11. The first-order valence-electron chi connectivity index (χ1n) is 16.7. The number of rotatable bonds is 23. The first kappa shape index (κ1) is 37.5. The number of nitrogens with one attached hydrogen (secondary N) is 2. The van der Waals surface area contributed by atoms with E-state index in [-0.39, 0.29) is 42.4 Å². The average Bonchev–Trinajstić information content (AvgIpc) is 3.09. The summed E-state index contributed by atoms with van der Waals surface area (Å²) >= 11 is 0. The summed E-state index contributed by atoms with van der Waals surface area (Å²) in [5, 5.41) is 26.3. The van der Waals surface area contributed by atoms with Gasteiger partial charge < -0.3 is 50.1 Å². The number of nitrogens with zero attached hydrogens (tertiary/aromatic N) is 2. The first-order chi connectivity index (χ1) is 23.9. The lowest BCUT2D eigenvalue weighted by Crippen LogP contribution is -2.35. The van der Waals surface area contributed by atoms with Crippen LogP contribution in [-0.4, -0.2) is 106 Å². The van der Waals surface area contributed by atoms with Crippen LogP contribution in [-0.2, 0) is 23.8 Å². The molecule has 0 aliphatic heterocycles. The Hall–Kier alpha value is -4.34. The Balaban J connectivity index is 1.32. The van der Waals surface area contributed by atoms with Gasteiger partial charge >= 0.3 is 0 Å². The first-order valence-corrected chi connectivity index (χ1v) is 16.7. The molecule has 3 aromatic carbocycles. The lowest BCUT2D eigenvalue weighted by atomic mass is 10.1. The molecule has 0 radical (unpaired) electrons. The minimum absolute atomic E-state index is 0.0108. The molecule has 0 aliphatic carbocycles. The highest BCUT2D eigenvalue weighted by Gasteiger charge is 2.16. The van der Waals surface area contributed by atoms with Crippen LogP contribution in [0, 0.1) is 0 Å². The largest absolute Gasteiger partial charge is 0.507 e. The lowest BCUT2D eigenvalue weighted by molar-refractivity contribution is -0.121. The summed E-state index contributed by atoms with van der Waals surface area (Å²) in [5.41, 5.74) is 7.68. The summed E-state index contributed by atoms with van der Waals surface area (Å²) in [7, 11) is 0. The van der Waals surface area contributed by atoms with E-state index >= 15 is 0 Å². The Labute approximate surface area is 284 Å². The highest BCUT2D eigenvalue weighted by Crippen LogP contribution is 2.33. The maximum Gasteiger partial charge on any atom is 0.221 e. The second-order valence-electron chi connectivity index (χ2n) is 11.4. The lowest BCUT2D eigenvalue weighted by Gasteiger charge is -2.25. The smallest absolute Gasteiger partial charge is 0.221 e. The topological polar surface area (TPSA) is 199 Å². The van der Waals surface area contributed by atoms with Gasteiger partial charge in [0.05, 0.1) is 26.4 Å². The van der Waals surface area contributed by atoms with Gasteiger partial charge in [0.15, 0.2) is 16.6 Å². The molecule has 0 fully saturated rings. The molecule has 266 valence electrons. The number of carbonyl (C=O) groups excluding carboxylic acids is 2. The van der Waals surface area contributed by atoms with Crippen LogP contribution >= 0.6 is 0 Å². The summed E-state index contributed by atoms with van der Waals surface area (Å²) in [6.07, 6.45) is 2.32. The van der Waals surface area contributed by atoms with Gasteiger partial charge in [-0.15, -0.1) is 0 Å². The number of fused-ring (bicyclic) bond motifs is 4. The number of aliphatic hydroxyl groups excluding tert-OH is 1. The quantitative estimate of drug-likeness (QED) is 0.0435. The summed E-state index contributed by atoms with van der Waals surface area (Å²) in [6, 6.07) is 11.3. The molecule has 2 amide bonds. The summed E-state index contributed by atoms with van der Waals surface area (Å²) in [5.74, 6) is -0.323. The van der Waals surface area contributed by atoms with Gasteiger partial charge in [-0.05, 0) is 56.1 Å². The summed E-state index contributed by atoms with van der Waals surface area (Å²) in [6.45, 7) is 5.19. The van der Waals surface area contributed by atoms with Crippen LogP contribution in [0.25, 0.3) is 33.0 Å². The number of hydrogen-bond donors (Lipinski definition) is 5. The number of benzene rings is 3. The Morgan fingerprint density at radius 3 is 2.12 bits per heavy atom. The van der Waals surface area contributed by atoms with Gasteiger partial charge in [0.2, 0.25) is 11.8 Å². The number of anilines is 1. The van der Waals surface area contributed by atoms with E-state index in [4.69, 9.17) is 34.5 Å². The van der Waals surface area contributed by atoms with Crippen LogP contribution in [0.3, 0.4) is 0 Å². The van der Waals surface area contributed by atoms with Crippen molar-refractivity contribution in [3.05, 3.63) is 52.7 Å². The van der Waals surface area contributed by atoms with E-state index in [0.717, 1.165) is 12.1 Å². The van der Waals surface area contributed by atoms with Crippen molar-refractivity contribution in [2.24, 2.45) is 5.73 Å². The maximum atomic E-state index is 12.7. The van der Waals surface area contributed by atoms with Gasteiger partial charge in [0, 0.05) is 87.4 Å². The van der Waals surface area contributed by atoms with Crippen molar-refractivity contribution >= 4 is 50.5 Å². The van der Waals surface area contributed by atoms with Crippen molar-refractivity contribution in [3.63, 3.8) is 0 Å². The molecule has 4 rings (SSSR count). The monoisotopic (exact) mass is 681 g/mol. The zero-order valence-electron chi connectivity index (χ0n) is 27.8. The highest BCUT2D eigenvalue weighted by atomic mass is 16.5. The normalized spacial score (nSPS) is 11.4. The van der Waals surface area contributed by atoms with Crippen LogP contribution < -0.4 is 26.7 Å². The van der Waals surface area contributed by atoms with E-state index in [0.29, 0.717) is 118 Å². The highest BCUT2D eigenvalue weighted by molar-refractivity contribution is 6.07. The Morgan fingerprint density at radius 1 is 0.796 bits per heavy atom. The molecule has 1 heterocycles. The number of phenolic OH excluding ortho intramolecular Hbond substituents is 1. The fraction of sp³-hybridized carbons (Fsp3) is 0.486. The minimum Gasteiger partial charge on any atom is -0.507 e. The molecule has 0 unspecified atom stereocenters. The van der Waals surface area contributed by atoms with Crippen LogP contribution in [0.15, 0.2) is 51.7 Å². The van der Waals surface area contributed by atoms with Gasteiger partial charge in [-0.2, -0.15) is 0 Å². The predicted octanol–water partition coefficient (Wildman–Crippen LogP) is 2.19. The van der Waals surface area contributed by atoms with Gasteiger partial charge in [0.25, 0.3) is 0 Å². The average molecular weight is 682 g/mol. The fourth-order valence-corrected chi connectivity index (χ4v) is 5.11. The van der Waals surface area contributed by atoms with E-state index in [9.17, 15) is 19.5 Å². The molecule has 14 heteroatoms. The second kappa shape index (κ2) is 20.2. The number of nitrogens with two attached hydrogens (primary N) is 1. The number of aromatic nitrogens is 1. The molecule has 49 heavy (non-hydrogen) atoms. The molecule has 0 aliphatic rings. The molecule has 0 atom stereocenters. The predicted molar refractivity (Wildman–Crippen MR) is 187 cm³/mol. The van der Waals surface area contributed by atoms with Gasteiger partial charge in [-0.25, -0.2) is 4.98 Å². The third-order valence-corrected chi connectivity index (χ3v) is 7.68. The minimum atomic E-state index is -0.206. The number of amides is 2. The van der Waals surface area contributed by atoms with Crippen molar-refractivity contribution in [2.45, 2.75) is 32.1 Å². The number of aliphatic hydroxyl groups is 1. The molecule has 0 spiro atoms. The van der Waals surface area contributed by atoms with Crippen molar-refractivity contribution in [2.75, 3.05) is 83.9 Å². The van der Waals surface area contributed by atoms with Crippen LogP contribution in [0.5, 0.6) is 5.75 Å². The molecule has 0 bridgehead atoms. The molecule has 4 aromatic rings. The van der Waals surface area contributed by atoms with Crippen molar-refractivity contribution < 1.29 is 38.4 Å². The Kier molecular flexibility index (Phi) is 15.5. The van der Waals surface area contributed by atoms with E-state index in [2.05, 4.69) is 10.6 Å². The second-order valence-corrected chi connectivity index (χ2v) is 11.4. The SMILES string of the molecule is NCCCOCCOCCOCCCNC(=O)CCN(CCC(=O)NCCCO)c1ccc2nc3c(cc(O)c4ccc(=O)cc43)oc2c1. The summed E-state index contributed by atoms with van der Waals surface area (Å²) < 4.78 is 22.5. The maximum absolute atomic E-state index is 12.7. The van der Waals surface area contributed by atoms with Gasteiger partial charge in [-0.3, -0.25) is 14.4 Å². The van der Waals surface area contributed by atoms with Gasteiger partial charge in [-0.1, -0.05) is 0 Å². The van der Waals surface area contributed by atoms with Crippen molar-refractivity contribution in [3.8, 4) is 5.75 Å². The van der Waals surface area contributed by atoms with Crippen LogP contribution in [0.1, 0.15) is 32.1 Å². The molecule has 14 nitrogen and oxygen atoms in total. The van der Waals surface area contributed by atoms with Crippen LogP contribution in [0.4, 0.5) is 5.69 Å². The third-order valence-electron chi connectivity index (χ3n) is 7.68. The zero-order chi connectivity index (χ0) is 34.8. The standard InChI is InChI=1S/C35H47N5O9/c36-10-1-16-46-18-20-48-21-19-47-17-3-12-38-34(45)9-14-40(13-8-33(44)37-11-2-15-41)25-4-7-29-31(22-25)49-32-24-30(43)27-6-5-26(42)23-28(27)35(32)39-29/h4-7,22-24,41,43H,1-3,8-21,36H2,(H,37,44)(H,38,45).